The van der Waals surface area contributed by atoms with E-state index in [2.05, 4.69) is 5.10 Å². The molecule has 1 aromatic heterocycles. The van der Waals surface area contributed by atoms with E-state index in [0.717, 1.165) is 29.7 Å². The van der Waals surface area contributed by atoms with Crippen LogP contribution in [0.2, 0.25) is 0 Å². The highest BCUT2D eigenvalue weighted by Gasteiger charge is 2.26. The molecule has 0 aliphatic rings. The average molecular weight is 330 g/mol. The van der Waals surface area contributed by atoms with Crippen LogP contribution < -0.4 is 10.7 Å². The van der Waals surface area contributed by atoms with Crippen molar-refractivity contribution < 1.29 is 14.4 Å². The normalized spacial score (nSPS) is 10.5. The number of rotatable bonds is 3. The molecule has 8 heteroatoms. The molecule has 0 atom stereocenters. The van der Waals surface area contributed by atoms with Crippen LogP contribution in [-0.2, 0) is 16.0 Å². The first-order valence-electron chi connectivity index (χ1n) is 7.31. The highest BCUT2D eigenvalue weighted by atomic mass is 16.2. The number of carbonyl (C=O) groups excluding carboxylic acids is 3. The number of aryl methyl sites for hydroxylation is 1. The van der Waals surface area contributed by atoms with Gasteiger partial charge in [0.2, 0.25) is 17.7 Å². The smallest absolute Gasteiger partial charge is 0.273 e. The van der Waals surface area contributed by atoms with E-state index in [4.69, 9.17) is 0 Å². The van der Waals surface area contributed by atoms with Crippen molar-refractivity contribution in [3.8, 4) is 0 Å². The molecule has 0 aliphatic carbocycles. The van der Waals surface area contributed by atoms with E-state index in [-0.39, 0.29) is 12.2 Å². The predicted octanol–water partition coefficient (Wildman–Crippen LogP) is 0.635. The van der Waals surface area contributed by atoms with Crippen molar-refractivity contribution in [2.75, 3.05) is 5.01 Å². The lowest BCUT2D eigenvalue weighted by molar-refractivity contribution is -0.126. The zero-order valence-corrected chi connectivity index (χ0v) is 13.9. The molecule has 0 unspecified atom stereocenters. The summed E-state index contributed by atoms with van der Waals surface area (Å²) in [5.41, 5.74) is 1.05. The Morgan fingerprint density at radius 1 is 1.04 bits per heavy atom. The number of hydrogen-bond acceptors (Lipinski definition) is 5. The van der Waals surface area contributed by atoms with Crippen molar-refractivity contribution in [2.45, 2.75) is 34.1 Å². The minimum Gasteiger partial charge on any atom is -0.273 e. The molecular formula is C16H18N4O4. The maximum Gasteiger partial charge on any atom is 0.373 e. The first-order valence-corrected chi connectivity index (χ1v) is 7.31. The predicted molar refractivity (Wildman–Crippen MR) is 86.4 cm³/mol. The van der Waals surface area contributed by atoms with Gasteiger partial charge in [-0.3, -0.25) is 14.4 Å². The summed E-state index contributed by atoms with van der Waals surface area (Å²) in [6, 6.07) is 7.49. The first-order chi connectivity index (χ1) is 11.2. The number of carbonyl (C=O) groups is 3. The van der Waals surface area contributed by atoms with Crippen LogP contribution in [-0.4, -0.2) is 32.2 Å². The third-order valence-electron chi connectivity index (χ3n) is 3.40. The largest absolute Gasteiger partial charge is 0.373 e. The van der Waals surface area contributed by atoms with Gasteiger partial charge in [-0.05, 0) is 12.5 Å². The van der Waals surface area contributed by atoms with Crippen LogP contribution in [0.1, 0.15) is 42.5 Å². The minimum absolute atomic E-state index is 0.129. The van der Waals surface area contributed by atoms with Gasteiger partial charge in [0, 0.05) is 27.2 Å². The van der Waals surface area contributed by atoms with Gasteiger partial charge in [0.15, 0.2) is 5.82 Å². The fourth-order valence-corrected chi connectivity index (χ4v) is 2.31. The number of aromatic nitrogens is 3. The van der Waals surface area contributed by atoms with Crippen molar-refractivity contribution in [2.24, 2.45) is 0 Å². The molecule has 0 saturated heterocycles. The monoisotopic (exact) mass is 330 g/mol. The highest BCUT2D eigenvalue weighted by molar-refractivity contribution is 6.06. The highest BCUT2D eigenvalue weighted by Crippen LogP contribution is 2.09. The Balaban J connectivity index is 2.61. The lowest BCUT2D eigenvalue weighted by Gasteiger charge is -2.18. The molecule has 1 aromatic carbocycles. The van der Waals surface area contributed by atoms with Gasteiger partial charge < -0.3 is 0 Å². The summed E-state index contributed by atoms with van der Waals surface area (Å²) >= 11 is 0. The number of nitrogens with zero attached hydrogens (tertiary/aromatic N) is 4. The summed E-state index contributed by atoms with van der Waals surface area (Å²) in [5.74, 6) is -1.75. The number of imide groups is 1. The topological polar surface area (TPSA) is 94.3 Å². The Bertz CT molecular complexity index is 847. The Morgan fingerprint density at radius 2 is 1.58 bits per heavy atom. The van der Waals surface area contributed by atoms with E-state index >= 15 is 0 Å². The van der Waals surface area contributed by atoms with Crippen molar-refractivity contribution in [3.63, 3.8) is 0 Å². The lowest BCUT2D eigenvalue weighted by Crippen LogP contribution is -2.49. The van der Waals surface area contributed by atoms with Gasteiger partial charge in [0.1, 0.15) is 0 Å². The fraction of sp³-hybridized carbons (Fsp3) is 0.312. The summed E-state index contributed by atoms with van der Waals surface area (Å²) in [6.45, 7) is 5.45. The Hall–Kier alpha value is -3.03. The Labute approximate surface area is 138 Å². The average Bonchev–Trinajstić information content (AvgIpc) is 2.79. The molecule has 0 spiro atoms. The van der Waals surface area contributed by atoms with Crippen LogP contribution in [0.15, 0.2) is 29.1 Å². The molecular weight excluding hydrogens is 312 g/mol. The van der Waals surface area contributed by atoms with Gasteiger partial charge in [-0.15, -0.1) is 9.78 Å². The van der Waals surface area contributed by atoms with E-state index in [1.54, 1.807) is 0 Å². The van der Waals surface area contributed by atoms with Gasteiger partial charge in [-0.2, -0.15) is 9.69 Å². The molecule has 0 radical (unpaired) electrons. The summed E-state index contributed by atoms with van der Waals surface area (Å²) in [6.07, 6.45) is 0.187. The second-order valence-electron chi connectivity index (χ2n) is 5.45. The molecule has 0 fully saturated rings. The van der Waals surface area contributed by atoms with E-state index in [0.29, 0.717) is 9.69 Å². The van der Waals surface area contributed by atoms with Crippen LogP contribution in [0.5, 0.6) is 0 Å². The van der Waals surface area contributed by atoms with Crippen molar-refractivity contribution in [3.05, 3.63) is 51.7 Å². The standard InChI is InChI=1S/C16H18N4O4/c1-10-5-7-14(8-6-10)9-15-17-18(11(2)21)16(24)20(15)19(12(3)22)13(4)23/h5-8H,9H2,1-4H3. The molecule has 2 aromatic rings. The van der Waals surface area contributed by atoms with Crippen LogP contribution >= 0.6 is 0 Å². The van der Waals surface area contributed by atoms with Gasteiger partial charge in [-0.25, -0.2) is 4.79 Å². The van der Waals surface area contributed by atoms with Gasteiger partial charge in [0.25, 0.3) is 0 Å². The van der Waals surface area contributed by atoms with E-state index in [1.165, 1.54) is 6.92 Å². The SMILES string of the molecule is CC(=O)N(C(C)=O)n1c(Cc2ccc(C)cc2)nn(C(C)=O)c1=O. The fourth-order valence-electron chi connectivity index (χ4n) is 2.31. The molecule has 8 nitrogen and oxygen atoms in total. The molecule has 0 N–H and O–H groups in total. The summed E-state index contributed by atoms with van der Waals surface area (Å²) in [4.78, 5) is 47.6. The molecule has 0 saturated carbocycles. The third-order valence-corrected chi connectivity index (χ3v) is 3.40. The molecule has 2 rings (SSSR count). The molecule has 0 bridgehead atoms. The van der Waals surface area contributed by atoms with Gasteiger partial charge in [-0.1, -0.05) is 29.8 Å². The van der Waals surface area contributed by atoms with E-state index in [1.807, 2.05) is 31.2 Å². The minimum atomic E-state index is -0.852. The van der Waals surface area contributed by atoms with Crippen LogP contribution in [0.25, 0.3) is 0 Å². The van der Waals surface area contributed by atoms with Crippen molar-refractivity contribution >= 4 is 17.7 Å². The second kappa shape index (κ2) is 6.61. The van der Waals surface area contributed by atoms with E-state index in [9.17, 15) is 19.2 Å². The summed E-state index contributed by atoms with van der Waals surface area (Å²) in [7, 11) is 0. The second-order valence-corrected chi connectivity index (χ2v) is 5.45. The first kappa shape index (κ1) is 17.3. The van der Waals surface area contributed by atoms with Crippen LogP contribution in [0, 0.1) is 6.92 Å². The van der Waals surface area contributed by atoms with Crippen LogP contribution in [0.3, 0.4) is 0 Å². The lowest BCUT2D eigenvalue weighted by atomic mass is 10.1. The summed E-state index contributed by atoms with van der Waals surface area (Å²) in [5, 5.41) is 4.66. The molecule has 0 aliphatic heterocycles. The zero-order chi connectivity index (χ0) is 18.0. The Kier molecular flexibility index (Phi) is 4.77. The molecule has 126 valence electrons. The van der Waals surface area contributed by atoms with Crippen molar-refractivity contribution in [1.82, 2.24) is 14.5 Å². The van der Waals surface area contributed by atoms with E-state index < -0.39 is 23.4 Å². The summed E-state index contributed by atoms with van der Waals surface area (Å²) < 4.78 is 1.49. The molecule has 24 heavy (non-hydrogen) atoms. The van der Waals surface area contributed by atoms with Crippen LogP contribution in [0.4, 0.5) is 0 Å². The van der Waals surface area contributed by atoms with Gasteiger partial charge >= 0.3 is 5.69 Å². The number of hydrogen-bond donors (Lipinski definition) is 0. The third kappa shape index (κ3) is 3.32. The van der Waals surface area contributed by atoms with Crippen molar-refractivity contribution in [1.29, 1.82) is 0 Å². The molecule has 2 amide bonds. The zero-order valence-electron chi connectivity index (χ0n) is 13.9. The Morgan fingerprint density at radius 3 is 2.04 bits per heavy atom. The quantitative estimate of drug-likeness (QED) is 0.823. The number of benzene rings is 1. The maximum absolute atomic E-state index is 12.4. The molecule has 1 heterocycles. The maximum atomic E-state index is 12.4. The number of amides is 2. The van der Waals surface area contributed by atoms with Gasteiger partial charge in [0.05, 0.1) is 0 Å².